The maximum Gasteiger partial charge on any atom is 0.252 e. The molecule has 1 unspecified atom stereocenters. The van der Waals surface area contributed by atoms with Crippen LogP contribution < -0.4 is 5.32 Å². The van der Waals surface area contributed by atoms with E-state index in [0.29, 0.717) is 11.2 Å². The van der Waals surface area contributed by atoms with Gasteiger partial charge < -0.3 is 10.3 Å². The Kier molecular flexibility index (Phi) is 3.75. The lowest BCUT2D eigenvalue weighted by Gasteiger charge is -2.16. The average molecular weight is 409 g/mol. The number of H-pyrrole nitrogens is 1. The van der Waals surface area contributed by atoms with Crippen molar-refractivity contribution in [2.75, 3.05) is 0 Å². The predicted molar refractivity (Wildman–Crippen MR) is 116 cm³/mol. The number of pyridine rings is 1. The van der Waals surface area contributed by atoms with Gasteiger partial charge in [-0.3, -0.25) is 4.79 Å². The van der Waals surface area contributed by atoms with Gasteiger partial charge in [0.25, 0.3) is 5.91 Å². The Balaban J connectivity index is 1.48. The van der Waals surface area contributed by atoms with Crippen LogP contribution in [-0.2, 0) is 0 Å². The zero-order valence-electron chi connectivity index (χ0n) is 15.7. The lowest BCUT2D eigenvalue weighted by atomic mass is 9.99. The number of nitrogens with zero attached hydrogens (tertiary/aromatic N) is 3. The highest BCUT2D eigenvalue weighted by atomic mass is 32.1. The van der Waals surface area contributed by atoms with Crippen molar-refractivity contribution >= 4 is 28.3 Å². The number of hydrogen-bond donors (Lipinski definition) is 2. The monoisotopic (exact) mass is 409 g/mol. The summed E-state index contributed by atoms with van der Waals surface area (Å²) in [6, 6.07) is 17.7. The van der Waals surface area contributed by atoms with Gasteiger partial charge in [0, 0.05) is 23.3 Å². The molecule has 1 atom stereocenters. The molecule has 0 saturated carbocycles. The second-order valence-electron chi connectivity index (χ2n) is 7.11. The summed E-state index contributed by atoms with van der Waals surface area (Å²) in [5.41, 5.74) is 8.45. The molecular weight excluding hydrogens is 394 g/mol. The Hall–Kier alpha value is -3.84. The fourth-order valence-electron chi connectivity index (χ4n) is 4.25. The molecule has 3 heterocycles. The second kappa shape index (κ2) is 6.60. The van der Waals surface area contributed by atoms with E-state index in [4.69, 9.17) is 0 Å². The maximum atomic E-state index is 13.3. The SMILES string of the molecule is O=C(NC1c2ccccc2-c2c(-c3nncs3)cccc21)c1ccnc2[nH]ccc12. The lowest BCUT2D eigenvalue weighted by molar-refractivity contribution is 0.0945. The number of aromatic nitrogens is 4. The van der Waals surface area contributed by atoms with Crippen LogP contribution in [0.3, 0.4) is 0 Å². The highest BCUT2D eigenvalue weighted by Crippen LogP contribution is 2.48. The molecule has 30 heavy (non-hydrogen) atoms. The van der Waals surface area contributed by atoms with Crippen molar-refractivity contribution < 1.29 is 4.79 Å². The molecule has 1 aliphatic carbocycles. The van der Waals surface area contributed by atoms with Crippen LogP contribution in [0.4, 0.5) is 0 Å². The molecule has 1 aliphatic rings. The Morgan fingerprint density at radius 2 is 1.87 bits per heavy atom. The summed E-state index contributed by atoms with van der Waals surface area (Å²) in [7, 11) is 0. The molecular formula is C23H15N5OS. The standard InChI is InChI=1S/C23H15N5OS/c29-22(16-9-11-25-21-15(16)8-10-24-21)27-20-14-5-2-1-4-13(14)19-17(20)6-3-7-18(19)23-28-26-12-30-23/h1-12,20H,(H,24,25)(H,27,29). The molecule has 0 radical (unpaired) electrons. The molecule has 2 N–H and O–H groups in total. The van der Waals surface area contributed by atoms with E-state index >= 15 is 0 Å². The van der Waals surface area contributed by atoms with E-state index in [1.54, 1.807) is 24.0 Å². The molecule has 144 valence electrons. The van der Waals surface area contributed by atoms with Gasteiger partial charge in [-0.1, -0.05) is 53.8 Å². The molecule has 1 amide bonds. The summed E-state index contributed by atoms with van der Waals surface area (Å²) in [5.74, 6) is -0.129. The van der Waals surface area contributed by atoms with Crippen LogP contribution in [0.25, 0.3) is 32.7 Å². The van der Waals surface area contributed by atoms with E-state index < -0.39 is 0 Å². The van der Waals surface area contributed by atoms with Gasteiger partial charge >= 0.3 is 0 Å². The predicted octanol–water partition coefficient (Wildman–Crippen LogP) is 4.58. The Morgan fingerprint density at radius 3 is 2.77 bits per heavy atom. The van der Waals surface area contributed by atoms with Gasteiger partial charge in [-0.25, -0.2) is 4.98 Å². The minimum atomic E-state index is -0.237. The van der Waals surface area contributed by atoms with Crippen LogP contribution in [0.15, 0.2) is 72.5 Å². The first kappa shape index (κ1) is 17.1. The number of carbonyl (C=O) groups excluding carboxylic acids is 1. The number of hydrogen-bond acceptors (Lipinski definition) is 5. The van der Waals surface area contributed by atoms with Gasteiger partial charge in [-0.2, -0.15) is 0 Å². The Bertz CT molecular complexity index is 1410. The number of rotatable bonds is 3. The molecule has 0 fully saturated rings. The molecule has 0 saturated heterocycles. The highest BCUT2D eigenvalue weighted by Gasteiger charge is 2.32. The van der Waals surface area contributed by atoms with E-state index in [1.165, 1.54) is 11.3 Å². The number of aromatic amines is 1. The number of benzene rings is 2. The lowest BCUT2D eigenvalue weighted by Crippen LogP contribution is -2.28. The second-order valence-corrected chi connectivity index (χ2v) is 7.94. The van der Waals surface area contributed by atoms with Gasteiger partial charge in [-0.15, -0.1) is 10.2 Å². The first-order valence-corrected chi connectivity index (χ1v) is 10.4. The topological polar surface area (TPSA) is 83.6 Å². The molecule has 6 nitrogen and oxygen atoms in total. The van der Waals surface area contributed by atoms with E-state index in [0.717, 1.165) is 38.2 Å². The first-order valence-electron chi connectivity index (χ1n) is 9.53. The van der Waals surface area contributed by atoms with Crippen molar-refractivity contribution in [3.05, 3.63) is 89.2 Å². The molecule has 2 aromatic carbocycles. The quantitative estimate of drug-likeness (QED) is 0.457. The number of fused-ring (bicyclic) bond motifs is 4. The maximum absolute atomic E-state index is 13.3. The zero-order valence-corrected chi connectivity index (χ0v) is 16.5. The van der Waals surface area contributed by atoms with E-state index in [9.17, 15) is 4.79 Å². The van der Waals surface area contributed by atoms with Crippen LogP contribution in [-0.4, -0.2) is 26.1 Å². The van der Waals surface area contributed by atoms with Crippen molar-refractivity contribution in [1.82, 2.24) is 25.5 Å². The van der Waals surface area contributed by atoms with E-state index in [2.05, 4.69) is 49.7 Å². The number of nitrogens with one attached hydrogen (secondary N) is 2. The van der Waals surface area contributed by atoms with E-state index in [-0.39, 0.29) is 11.9 Å². The Labute approximate surface area is 175 Å². The molecule has 7 heteroatoms. The summed E-state index contributed by atoms with van der Waals surface area (Å²) in [6.07, 6.45) is 3.45. The molecule has 0 bridgehead atoms. The fraction of sp³-hybridized carbons (Fsp3) is 0.0435. The Morgan fingerprint density at radius 1 is 1.00 bits per heavy atom. The zero-order chi connectivity index (χ0) is 20.1. The fourth-order valence-corrected chi connectivity index (χ4v) is 4.83. The summed E-state index contributed by atoms with van der Waals surface area (Å²) < 4.78 is 0. The molecule has 5 aromatic rings. The third-order valence-corrected chi connectivity index (χ3v) is 6.24. The molecule has 3 aromatic heterocycles. The number of carbonyl (C=O) groups is 1. The van der Waals surface area contributed by atoms with Crippen LogP contribution in [0, 0.1) is 0 Å². The third kappa shape index (κ3) is 2.49. The normalized spacial score (nSPS) is 14.5. The third-order valence-electron chi connectivity index (χ3n) is 5.52. The van der Waals surface area contributed by atoms with Crippen molar-refractivity contribution in [1.29, 1.82) is 0 Å². The molecule has 0 spiro atoms. The summed E-state index contributed by atoms with van der Waals surface area (Å²) >= 11 is 1.51. The van der Waals surface area contributed by atoms with Crippen LogP contribution >= 0.6 is 11.3 Å². The van der Waals surface area contributed by atoms with Gasteiger partial charge in [0.1, 0.15) is 16.2 Å². The summed E-state index contributed by atoms with van der Waals surface area (Å²) in [6.45, 7) is 0. The van der Waals surface area contributed by atoms with Crippen molar-refractivity contribution in [2.24, 2.45) is 0 Å². The van der Waals surface area contributed by atoms with Gasteiger partial charge in [0.2, 0.25) is 0 Å². The van der Waals surface area contributed by atoms with Gasteiger partial charge in [-0.05, 0) is 34.4 Å². The van der Waals surface area contributed by atoms with Crippen LogP contribution in [0.1, 0.15) is 27.5 Å². The molecule has 6 rings (SSSR count). The summed E-state index contributed by atoms with van der Waals surface area (Å²) in [5, 5.41) is 13.2. The smallest absolute Gasteiger partial charge is 0.252 e. The van der Waals surface area contributed by atoms with Crippen molar-refractivity contribution in [2.45, 2.75) is 6.04 Å². The minimum absolute atomic E-state index is 0.129. The van der Waals surface area contributed by atoms with Crippen molar-refractivity contribution in [3.63, 3.8) is 0 Å². The first-order chi connectivity index (χ1) is 14.8. The van der Waals surface area contributed by atoms with Gasteiger partial charge in [0.15, 0.2) is 0 Å². The minimum Gasteiger partial charge on any atom is -0.346 e. The van der Waals surface area contributed by atoms with E-state index in [1.807, 2.05) is 24.3 Å². The average Bonchev–Trinajstić information content (AvgIpc) is 3.53. The molecule has 0 aliphatic heterocycles. The summed E-state index contributed by atoms with van der Waals surface area (Å²) in [4.78, 5) is 20.6. The highest BCUT2D eigenvalue weighted by molar-refractivity contribution is 7.12. The van der Waals surface area contributed by atoms with Crippen LogP contribution in [0.5, 0.6) is 0 Å². The van der Waals surface area contributed by atoms with Crippen LogP contribution in [0.2, 0.25) is 0 Å². The van der Waals surface area contributed by atoms with Crippen molar-refractivity contribution in [3.8, 4) is 21.7 Å². The van der Waals surface area contributed by atoms with Gasteiger partial charge in [0.05, 0.1) is 11.6 Å². The number of amides is 1. The largest absolute Gasteiger partial charge is 0.346 e.